The highest BCUT2D eigenvalue weighted by Gasteiger charge is 2.24. The lowest BCUT2D eigenvalue weighted by atomic mass is 9.91. The molecule has 0 spiro atoms. The highest BCUT2D eigenvalue weighted by molar-refractivity contribution is 9.11. The fourth-order valence-electron chi connectivity index (χ4n) is 2.57. The molecule has 0 N–H and O–H groups in total. The van der Waals surface area contributed by atoms with Crippen LogP contribution in [-0.2, 0) is 0 Å². The summed E-state index contributed by atoms with van der Waals surface area (Å²) >= 11 is 7.07. The lowest BCUT2D eigenvalue weighted by molar-refractivity contribution is 0.646. The van der Waals surface area contributed by atoms with Gasteiger partial charge in [-0.1, -0.05) is 25.1 Å². The van der Waals surface area contributed by atoms with Crippen LogP contribution in [0.1, 0.15) is 24.8 Å². The van der Waals surface area contributed by atoms with Gasteiger partial charge in [0.25, 0.3) is 0 Å². The van der Waals surface area contributed by atoms with Crippen molar-refractivity contribution in [3.8, 4) is 0 Å². The summed E-state index contributed by atoms with van der Waals surface area (Å²) in [6, 6.07) is 10.7. The highest BCUT2D eigenvalue weighted by Crippen LogP contribution is 2.40. The number of anilines is 2. The van der Waals surface area contributed by atoms with Crippen molar-refractivity contribution in [1.29, 1.82) is 0 Å². The highest BCUT2D eigenvalue weighted by atomic mass is 79.9. The number of hydrogen-bond acceptors (Lipinski definition) is 2. The molecule has 1 atom stereocenters. The molecule has 1 aliphatic rings. The van der Waals surface area contributed by atoms with E-state index in [1.54, 1.807) is 0 Å². The van der Waals surface area contributed by atoms with Crippen LogP contribution in [0.3, 0.4) is 0 Å². The normalized spacial score (nSPS) is 18.3. The summed E-state index contributed by atoms with van der Waals surface area (Å²) in [5.74, 6) is 1.60. The number of para-hydroxylation sites is 1. The van der Waals surface area contributed by atoms with Gasteiger partial charge in [-0.15, -0.1) is 0 Å². The molecular formula is C15H14Br2N2. The van der Waals surface area contributed by atoms with Gasteiger partial charge in [-0.3, -0.25) is 0 Å². The molecule has 0 saturated carbocycles. The molecule has 19 heavy (non-hydrogen) atoms. The second-order valence-electron chi connectivity index (χ2n) is 4.86. The Balaban J connectivity index is 2.09. The molecule has 3 rings (SSSR count). The molecule has 2 aromatic rings. The second-order valence-corrected chi connectivity index (χ2v) is 6.63. The number of benzene rings is 1. The van der Waals surface area contributed by atoms with Gasteiger partial charge in [-0.25, -0.2) is 4.98 Å². The summed E-state index contributed by atoms with van der Waals surface area (Å²) in [7, 11) is 0. The average Bonchev–Trinajstić information content (AvgIpc) is 2.41. The molecule has 0 fully saturated rings. The van der Waals surface area contributed by atoms with Gasteiger partial charge in [0.2, 0.25) is 0 Å². The largest absolute Gasteiger partial charge is 0.325 e. The van der Waals surface area contributed by atoms with Crippen molar-refractivity contribution >= 4 is 43.4 Å². The quantitative estimate of drug-likeness (QED) is 0.670. The molecule has 4 heteroatoms. The number of rotatable bonds is 1. The maximum Gasteiger partial charge on any atom is 0.147 e. The van der Waals surface area contributed by atoms with E-state index in [1.165, 1.54) is 11.3 Å². The van der Waals surface area contributed by atoms with Crippen LogP contribution in [0, 0.1) is 0 Å². The minimum Gasteiger partial charge on any atom is -0.325 e. The predicted molar refractivity (Wildman–Crippen MR) is 86.1 cm³/mol. The number of fused-ring (bicyclic) bond motifs is 1. The Morgan fingerprint density at radius 3 is 2.84 bits per heavy atom. The van der Waals surface area contributed by atoms with E-state index in [0.717, 1.165) is 27.7 Å². The molecule has 1 unspecified atom stereocenters. The zero-order chi connectivity index (χ0) is 13.4. The zero-order valence-electron chi connectivity index (χ0n) is 10.6. The summed E-state index contributed by atoms with van der Waals surface area (Å²) in [5.41, 5.74) is 2.68. The summed E-state index contributed by atoms with van der Waals surface area (Å²) in [4.78, 5) is 6.86. The molecule has 1 aliphatic heterocycles. The Morgan fingerprint density at radius 1 is 1.26 bits per heavy atom. The first-order chi connectivity index (χ1) is 9.16. The van der Waals surface area contributed by atoms with Crippen molar-refractivity contribution in [2.24, 2.45) is 0 Å². The fourth-order valence-corrected chi connectivity index (χ4v) is 3.78. The molecule has 0 radical (unpaired) electrons. The van der Waals surface area contributed by atoms with Gasteiger partial charge in [0.05, 0.1) is 4.47 Å². The molecule has 0 bridgehead atoms. The third-order valence-electron chi connectivity index (χ3n) is 3.59. The standard InChI is InChI=1S/C15H14Br2N2/c1-10-6-7-19(14-5-3-2-4-12(10)14)15-13(17)8-11(16)9-18-15/h2-5,8-10H,6-7H2,1H3. The monoisotopic (exact) mass is 380 g/mol. The van der Waals surface area contributed by atoms with Crippen LogP contribution in [0.15, 0.2) is 45.5 Å². The first-order valence-electron chi connectivity index (χ1n) is 6.34. The van der Waals surface area contributed by atoms with E-state index < -0.39 is 0 Å². The van der Waals surface area contributed by atoms with Gasteiger partial charge >= 0.3 is 0 Å². The van der Waals surface area contributed by atoms with Crippen molar-refractivity contribution in [3.05, 3.63) is 51.0 Å². The predicted octanol–water partition coefficient (Wildman–Crippen LogP) is 5.25. The maximum atomic E-state index is 4.56. The van der Waals surface area contributed by atoms with Crippen molar-refractivity contribution < 1.29 is 0 Å². The van der Waals surface area contributed by atoms with Crippen LogP contribution < -0.4 is 4.90 Å². The Hall–Kier alpha value is -0.870. The molecule has 2 nitrogen and oxygen atoms in total. The number of aromatic nitrogens is 1. The molecular weight excluding hydrogens is 368 g/mol. The maximum absolute atomic E-state index is 4.56. The van der Waals surface area contributed by atoms with E-state index in [2.05, 4.69) is 72.9 Å². The van der Waals surface area contributed by atoms with Crippen molar-refractivity contribution in [3.63, 3.8) is 0 Å². The fraction of sp³-hybridized carbons (Fsp3) is 0.267. The van der Waals surface area contributed by atoms with Crippen LogP contribution in [0.2, 0.25) is 0 Å². The van der Waals surface area contributed by atoms with Gasteiger partial charge < -0.3 is 4.90 Å². The Bertz CT molecular complexity index is 613. The van der Waals surface area contributed by atoms with Crippen LogP contribution in [0.25, 0.3) is 0 Å². The van der Waals surface area contributed by atoms with E-state index in [-0.39, 0.29) is 0 Å². The Kier molecular flexibility index (Phi) is 3.63. The minimum atomic E-state index is 0.613. The van der Waals surface area contributed by atoms with E-state index in [4.69, 9.17) is 0 Å². The van der Waals surface area contributed by atoms with Crippen molar-refractivity contribution in [2.75, 3.05) is 11.4 Å². The van der Waals surface area contributed by atoms with Gasteiger partial charge in [0.1, 0.15) is 5.82 Å². The van der Waals surface area contributed by atoms with Gasteiger partial charge in [-0.05, 0) is 61.9 Å². The molecule has 1 aromatic carbocycles. The number of hydrogen-bond donors (Lipinski definition) is 0. The van der Waals surface area contributed by atoms with Crippen LogP contribution in [-0.4, -0.2) is 11.5 Å². The third-order valence-corrected chi connectivity index (χ3v) is 4.61. The zero-order valence-corrected chi connectivity index (χ0v) is 13.8. The number of nitrogens with zero attached hydrogens (tertiary/aromatic N) is 2. The lowest BCUT2D eigenvalue weighted by Crippen LogP contribution is -2.27. The van der Waals surface area contributed by atoms with Crippen LogP contribution in [0.4, 0.5) is 11.5 Å². The first kappa shape index (κ1) is 13.1. The van der Waals surface area contributed by atoms with Crippen LogP contribution >= 0.6 is 31.9 Å². The van der Waals surface area contributed by atoms with E-state index in [0.29, 0.717) is 5.92 Å². The third kappa shape index (κ3) is 2.43. The summed E-state index contributed by atoms with van der Waals surface area (Å²) in [6.07, 6.45) is 3.00. The average molecular weight is 382 g/mol. The van der Waals surface area contributed by atoms with Gasteiger partial charge in [-0.2, -0.15) is 0 Å². The molecule has 1 aromatic heterocycles. The first-order valence-corrected chi connectivity index (χ1v) is 7.93. The van der Waals surface area contributed by atoms with E-state index in [1.807, 2.05) is 12.3 Å². The number of halogens is 2. The lowest BCUT2D eigenvalue weighted by Gasteiger charge is -2.34. The molecule has 98 valence electrons. The van der Waals surface area contributed by atoms with Gasteiger partial charge in [0.15, 0.2) is 0 Å². The van der Waals surface area contributed by atoms with Crippen molar-refractivity contribution in [2.45, 2.75) is 19.3 Å². The Labute approximate surface area is 130 Å². The smallest absolute Gasteiger partial charge is 0.147 e. The molecule has 0 amide bonds. The summed E-state index contributed by atoms with van der Waals surface area (Å²) in [5, 5.41) is 0. The van der Waals surface area contributed by atoms with E-state index >= 15 is 0 Å². The van der Waals surface area contributed by atoms with Crippen LogP contribution in [0.5, 0.6) is 0 Å². The Morgan fingerprint density at radius 2 is 2.05 bits per heavy atom. The summed E-state index contributed by atoms with van der Waals surface area (Å²) in [6.45, 7) is 3.30. The molecule has 0 aliphatic carbocycles. The second kappa shape index (κ2) is 5.25. The topological polar surface area (TPSA) is 16.1 Å². The number of pyridine rings is 1. The minimum absolute atomic E-state index is 0.613. The molecule has 0 saturated heterocycles. The molecule has 2 heterocycles. The SMILES string of the molecule is CC1CCN(c2ncc(Br)cc2Br)c2ccccc21. The van der Waals surface area contributed by atoms with Gasteiger partial charge in [0, 0.05) is 22.9 Å². The van der Waals surface area contributed by atoms with E-state index in [9.17, 15) is 0 Å². The van der Waals surface area contributed by atoms with Crippen molar-refractivity contribution in [1.82, 2.24) is 4.98 Å². The summed E-state index contributed by atoms with van der Waals surface area (Å²) < 4.78 is 2.01.